The molecule has 2 heterocycles. The third-order valence-corrected chi connectivity index (χ3v) is 5.38. The first kappa shape index (κ1) is 18.2. The molecule has 0 spiro atoms. The lowest BCUT2D eigenvalue weighted by Crippen LogP contribution is -2.30. The van der Waals surface area contributed by atoms with E-state index in [-0.39, 0.29) is 19.1 Å². The zero-order valence-electron chi connectivity index (χ0n) is 15.9. The molecule has 5 nitrogen and oxygen atoms in total. The molecule has 5 rings (SSSR count). The lowest BCUT2D eigenvalue weighted by Gasteiger charge is -2.28. The van der Waals surface area contributed by atoms with Crippen molar-refractivity contribution >= 4 is 11.5 Å². The van der Waals surface area contributed by atoms with Gasteiger partial charge in [-0.2, -0.15) is 0 Å². The van der Waals surface area contributed by atoms with Gasteiger partial charge in [0.05, 0.1) is 6.04 Å². The van der Waals surface area contributed by atoms with Crippen molar-refractivity contribution in [2.45, 2.75) is 12.6 Å². The van der Waals surface area contributed by atoms with Crippen molar-refractivity contribution in [2.24, 2.45) is 0 Å². The van der Waals surface area contributed by atoms with E-state index in [1.165, 1.54) is 11.0 Å². The van der Waals surface area contributed by atoms with Gasteiger partial charge >= 0.3 is 0 Å². The first-order valence-corrected chi connectivity index (χ1v) is 9.56. The largest absolute Gasteiger partial charge is 0.503 e. The Morgan fingerprint density at radius 1 is 0.967 bits per heavy atom. The molecule has 2 aliphatic heterocycles. The fourth-order valence-electron chi connectivity index (χ4n) is 3.99. The Morgan fingerprint density at radius 2 is 1.70 bits per heavy atom. The molecule has 30 heavy (non-hydrogen) atoms. The number of ether oxygens (including phenoxy) is 2. The summed E-state index contributed by atoms with van der Waals surface area (Å²) in [6, 6.07) is 20.1. The number of amides is 1. The van der Waals surface area contributed by atoms with Gasteiger partial charge in [-0.1, -0.05) is 54.6 Å². The maximum absolute atomic E-state index is 14.8. The summed E-state index contributed by atoms with van der Waals surface area (Å²) in [5.41, 5.74) is 2.18. The average Bonchev–Trinajstić information content (AvgIpc) is 3.33. The highest BCUT2D eigenvalue weighted by Crippen LogP contribution is 2.44. The molecule has 2 aliphatic rings. The normalized spacial score (nSPS) is 17.7. The molecule has 1 amide bonds. The molecule has 0 fully saturated rings. The Morgan fingerprint density at radius 3 is 2.50 bits per heavy atom. The number of aliphatic hydroxyl groups excluding tert-OH is 1. The minimum absolute atomic E-state index is 0.153. The lowest BCUT2D eigenvalue weighted by molar-refractivity contribution is -0.130. The van der Waals surface area contributed by atoms with Gasteiger partial charge in [0, 0.05) is 17.7 Å². The van der Waals surface area contributed by atoms with Gasteiger partial charge in [-0.05, 0) is 29.3 Å². The van der Waals surface area contributed by atoms with Gasteiger partial charge < -0.3 is 19.5 Å². The van der Waals surface area contributed by atoms with Crippen molar-refractivity contribution in [2.75, 3.05) is 6.79 Å². The predicted molar refractivity (Wildman–Crippen MR) is 108 cm³/mol. The van der Waals surface area contributed by atoms with Crippen molar-refractivity contribution < 1.29 is 23.8 Å². The fraction of sp³-hybridized carbons (Fsp3) is 0.125. The maximum Gasteiger partial charge on any atom is 0.290 e. The van der Waals surface area contributed by atoms with Gasteiger partial charge in [-0.15, -0.1) is 0 Å². The van der Waals surface area contributed by atoms with E-state index in [1.807, 2.05) is 24.3 Å². The van der Waals surface area contributed by atoms with Gasteiger partial charge in [0.15, 0.2) is 17.3 Å². The van der Waals surface area contributed by atoms with E-state index < -0.39 is 17.8 Å². The molecular formula is C24H18FNO4. The van der Waals surface area contributed by atoms with Crippen molar-refractivity contribution in [3.8, 4) is 11.5 Å². The topological polar surface area (TPSA) is 59.0 Å². The number of hydrogen-bond acceptors (Lipinski definition) is 4. The van der Waals surface area contributed by atoms with Crippen molar-refractivity contribution in [1.82, 2.24) is 4.90 Å². The number of carbonyl (C=O) groups excluding carboxylic acids is 1. The molecule has 0 saturated heterocycles. The minimum atomic E-state index is -0.758. The van der Waals surface area contributed by atoms with Crippen LogP contribution in [0, 0.1) is 5.82 Å². The molecular weight excluding hydrogens is 385 g/mol. The van der Waals surface area contributed by atoms with E-state index in [1.54, 1.807) is 42.5 Å². The Balaban J connectivity index is 1.59. The summed E-state index contributed by atoms with van der Waals surface area (Å²) >= 11 is 0. The molecule has 1 atom stereocenters. The number of benzene rings is 3. The van der Waals surface area contributed by atoms with Crippen LogP contribution >= 0.6 is 0 Å². The first-order chi connectivity index (χ1) is 14.6. The van der Waals surface area contributed by atoms with E-state index in [2.05, 4.69) is 0 Å². The van der Waals surface area contributed by atoms with E-state index in [9.17, 15) is 14.3 Å². The molecule has 0 aliphatic carbocycles. The Kier molecular flexibility index (Phi) is 4.39. The predicted octanol–water partition coefficient (Wildman–Crippen LogP) is 4.61. The van der Waals surface area contributed by atoms with Crippen LogP contribution in [0.3, 0.4) is 0 Å². The number of halogens is 1. The first-order valence-electron chi connectivity index (χ1n) is 9.56. The second-order valence-corrected chi connectivity index (χ2v) is 7.17. The quantitative estimate of drug-likeness (QED) is 0.691. The van der Waals surface area contributed by atoms with E-state index >= 15 is 0 Å². The van der Waals surface area contributed by atoms with Crippen LogP contribution < -0.4 is 9.47 Å². The lowest BCUT2D eigenvalue weighted by atomic mass is 9.93. The van der Waals surface area contributed by atoms with Crippen molar-refractivity contribution in [3.05, 3.63) is 101 Å². The smallest absolute Gasteiger partial charge is 0.290 e. The van der Waals surface area contributed by atoms with E-state index in [0.29, 0.717) is 28.2 Å². The molecule has 0 radical (unpaired) electrons. The second-order valence-electron chi connectivity index (χ2n) is 7.17. The van der Waals surface area contributed by atoms with E-state index in [4.69, 9.17) is 9.47 Å². The third kappa shape index (κ3) is 2.97. The number of rotatable bonds is 4. The molecule has 0 unspecified atom stereocenters. The molecule has 0 bridgehead atoms. The zero-order valence-corrected chi connectivity index (χ0v) is 15.9. The summed E-state index contributed by atoms with van der Waals surface area (Å²) in [4.78, 5) is 14.5. The highest BCUT2D eigenvalue weighted by Gasteiger charge is 2.42. The molecule has 0 saturated carbocycles. The summed E-state index contributed by atoms with van der Waals surface area (Å²) in [5, 5.41) is 10.8. The second kappa shape index (κ2) is 7.22. The summed E-state index contributed by atoms with van der Waals surface area (Å²) < 4.78 is 25.6. The third-order valence-electron chi connectivity index (χ3n) is 5.38. The molecule has 3 aromatic rings. The number of carbonyl (C=O) groups is 1. The van der Waals surface area contributed by atoms with Gasteiger partial charge in [0.1, 0.15) is 5.82 Å². The van der Waals surface area contributed by atoms with Crippen LogP contribution in [0.4, 0.5) is 4.39 Å². The Hall–Kier alpha value is -3.80. The van der Waals surface area contributed by atoms with Crippen LogP contribution in [0.1, 0.15) is 22.7 Å². The van der Waals surface area contributed by atoms with Crippen LogP contribution in [0.15, 0.2) is 78.6 Å². The number of fused-ring (bicyclic) bond motifs is 1. The van der Waals surface area contributed by atoms with Gasteiger partial charge in [0.2, 0.25) is 6.79 Å². The monoisotopic (exact) mass is 403 g/mol. The molecule has 6 heteroatoms. The summed E-state index contributed by atoms with van der Waals surface area (Å²) in [7, 11) is 0. The van der Waals surface area contributed by atoms with Crippen LogP contribution in [-0.2, 0) is 11.3 Å². The average molecular weight is 403 g/mol. The molecule has 0 aromatic heterocycles. The number of nitrogens with zero attached hydrogens (tertiary/aromatic N) is 1. The number of hydrogen-bond donors (Lipinski definition) is 1. The highest BCUT2D eigenvalue weighted by atomic mass is 19.1. The van der Waals surface area contributed by atoms with Crippen LogP contribution in [0.25, 0.3) is 5.57 Å². The van der Waals surface area contributed by atoms with Crippen LogP contribution in [-0.4, -0.2) is 22.7 Å². The SMILES string of the molecule is O=C1C(O)=C(c2ccccc2)[C@@H](c2ccccc2F)N1Cc1ccc2c(c1)OCO2. The Bertz CT molecular complexity index is 1160. The summed E-state index contributed by atoms with van der Waals surface area (Å²) in [6.07, 6.45) is 0. The molecule has 3 aromatic carbocycles. The minimum Gasteiger partial charge on any atom is -0.503 e. The molecule has 1 N–H and O–H groups in total. The summed E-state index contributed by atoms with van der Waals surface area (Å²) in [5.74, 6) is -0.103. The van der Waals surface area contributed by atoms with Crippen LogP contribution in [0.2, 0.25) is 0 Å². The summed E-state index contributed by atoms with van der Waals surface area (Å²) in [6.45, 7) is 0.328. The Labute approximate surface area is 172 Å². The van der Waals surface area contributed by atoms with Gasteiger partial charge in [-0.25, -0.2) is 4.39 Å². The van der Waals surface area contributed by atoms with Crippen molar-refractivity contribution in [1.29, 1.82) is 0 Å². The van der Waals surface area contributed by atoms with Crippen LogP contribution in [0.5, 0.6) is 11.5 Å². The number of aliphatic hydroxyl groups is 1. The molecule has 150 valence electrons. The van der Waals surface area contributed by atoms with Gasteiger partial charge in [-0.3, -0.25) is 4.79 Å². The maximum atomic E-state index is 14.8. The fourth-order valence-corrected chi connectivity index (χ4v) is 3.99. The standard InChI is InChI=1S/C24H18FNO4/c25-18-9-5-4-8-17(18)22-21(16-6-2-1-3-7-16)23(27)24(28)26(22)13-15-10-11-19-20(12-15)30-14-29-19/h1-12,22,27H,13-14H2/t22-/m1/s1. The van der Waals surface area contributed by atoms with E-state index in [0.717, 1.165) is 5.56 Å². The van der Waals surface area contributed by atoms with Gasteiger partial charge in [0.25, 0.3) is 5.91 Å². The zero-order chi connectivity index (χ0) is 20.7. The highest BCUT2D eigenvalue weighted by molar-refractivity contribution is 6.05. The van der Waals surface area contributed by atoms with Crippen molar-refractivity contribution in [3.63, 3.8) is 0 Å².